The molecule has 2 atom stereocenters. The number of nitrogens with one attached hydrogen (secondary N) is 1. The molecule has 2 aromatic heterocycles. The van der Waals surface area contributed by atoms with E-state index in [1.807, 2.05) is 0 Å². The summed E-state index contributed by atoms with van der Waals surface area (Å²) in [4.78, 5) is 62.9. The molecular formula is C20H20N8O8S. The average Bonchev–Trinajstić information content (AvgIpc) is 3.31. The number of nitrogens with two attached hydrogens (primary N) is 1. The minimum Gasteiger partial charge on any atom is -0.543 e. The lowest BCUT2D eigenvalue weighted by Crippen LogP contribution is -2.71. The molecule has 1 saturated heterocycles. The highest BCUT2D eigenvalue weighted by Crippen LogP contribution is 2.40. The lowest BCUT2D eigenvalue weighted by atomic mass is 10.0. The molecule has 4 rings (SSSR count). The number of aliphatic carboxylic acids is 1. The van der Waals surface area contributed by atoms with Crippen molar-refractivity contribution in [2.45, 2.75) is 24.9 Å². The molecule has 0 spiro atoms. The second-order valence-electron chi connectivity index (χ2n) is 7.49. The lowest BCUT2D eigenvalue weighted by Gasteiger charge is -2.50. The zero-order chi connectivity index (χ0) is 26.5. The van der Waals surface area contributed by atoms with Crippen LogP contribution in [-0.4, -0.2) is 79.9 Å². The van der Waals surface area contributed by atoms with Gasteiger partial charge in [-0.15, -0.1) is 11.8 Å². The number of thioether (sulfide) groups is 1. The van der Waals surface area contributed by atoms with E-state index in [4.69, 9.17) is 15.3 Å². The standard InChI is InChI=1S/C20H20N8O8S/c1-2-34-11(29)8-35-25-12(15-24-20(21)36-26-15)16(30)23-13-17(31)28-14(19(32)33)10(9-37-18(13)28)7-27-5-3-22-4-6-27/h3-6,13,18H,2,7-9H2,1H3,(H3-,21,23,24,26,30,32,33)/b25-12+/t13?,18-/m1/s1. The van der Waals surface area contributed by atoms with Crippen LogP contribution in [-0.2, 0) is 35.3 Å². The normalized spacial score (nSPS) is 19.1. The lowest BCUT2D eigenvalue weighted by molar-refractivity contribution is -0.689. The number of carboxylic acids is 1. The summed E-state index contributed by atoms with van der Waals surface area (Å²) in [5.41, 5.74) is 5.11. The summed E-state index contributed by atoms with van der Waals surface area (Å²) in [5.74, 6) is -3.94. The maximum Gasteiger partial charge on any atom is 0.347 e. The number of ether oxygens (including phenoxy) is 1. The Balaban J connectivity index is 1.50. The highest BCUT2D eigenvalue weighted by molar-refractivity contribution is 8.00. The molecule has 2 aliphatic rings. The molecule has 17 heteroatoms. The van der Waals surface area contributed by atoms with Gasteiger partial charge in [-0.2, -0.15) is 9.55 Å². The van der Waals surface area contributed by atoms with Crippen LogP contribution in [0.3, 0.4) is 0 Å². The third-order valence-electron chi connectivity index (χ3n) is 5.10. The SMILES string of the molecule is CCOC(=O)CO/N=C(/C(=O)NC1C(=O)N2C(C(=O)[O-])=C(C[n+]3ccncc3)CS[C@H]12)c1noc(N)n1. The van der Waals surface area contributed by atoms with Crippen LogP contribution in [0.4, 0.5) is 6.01 Å². The van der Waals surface area contributed by atoms with Crippen molar-refractivity contribution >= 4 is 47.2 Å². The monoisotopic (exact) mass is 532 g/mol. The minimum absolute atomic E-state index is 0.116. The molecule has 194 valence electrons. The van der Waals surface area contributed by atoms with E-state index in [1.165, 1.54) is 11.8 Å². The molecule has 0 aromatic carbocycles. The number of β-lactam (4-membered cyclic amide) rings is 1. The van der Waals surface area contributed by atoms with Gasteiger partial charge in [0.2, 0.25) is 18.1 Å². The largest absolute Gasteiger partial charge is 0.543 e. The molecule has 2 amide bonds. The Bertz CT molecular complexity index is 1280. The van der Waals surface area contributed by atoms with Crippen LogP contribution in [0.25, 0.3) is 0 Å². The zero-order valence-electron chi connectivity index (χ0n) is 19.2. The van der Waals surface area contributed by atoms with Gasteiger partial charge in [-0.3, -0.25) is 19.5 Å². The Hall–Kier alpha value is -4.54. The van der Waals surface area contributed by atoms with Crippen LogP contribution >= 0.6 is 11.8 Å². The first kappa shape index (κ1) is 25.5. The van der Waals surface area contributed by atoms with Crippen LogP contribution < -0.4 is 20.7 Å². The summed E-state index contributed by atoms with van der Waals surface area (Å²) in [7, 11) is 0. The third kappa shape index (κ3) is 5.50. The number of fused-ring (bicyclic) bond motifs is 1. The van der Waals surface area contributed by atoms with Gasteiger partial charge in [-0.25, -0.2) is 4.79 Å². The van der Waals surface area contributed by atoms with E-state index in [1.54, 1.807) is 36.3 Å². The number of nitrogens with zero attached hydrogens (tertiary/aromatic N) is 6. The summed E-state index contributed by atoms with van der Waals surface area (Å²) in [6, 6.07) is -1.46. The smallest absolute Gasteiger partial charge is 0.347 e. The number of esters is 1. The Morgan fingerprint density at radius 1 is 1.38 bits per heavy atom. The first-order chi connectivity index (χ1) is 17.8. The second-order valence-corrected chi connectivity index (χ2v) is 8.60. The molecule has 16 nitrogen and oxygen atoms in total. The van der Waals surface area contributed by atoms with Gasteiger partial charge in [0.05, 0.1) is 30.7 Å². The van der Waals surface area contributed by atoms with E-state index in [2.05, 4.69) is 30.1 Å². The summed E-state index contributed by atoms with van der Waals surface area (Å²) in [5, 5.41) is 20.8. The quantitative estimate of drug-likeness (QED) is 0.101. The predicted octanol–water partition coefficient (Wildman–Crippen LogP) is -3.28. The summed E-state index contributed by atoms with van der Waals surface area (Å²) >= 11 is 1.26. The molecule has 2 aromatic rings. The third-order valence-corrected chi connectivity index (χ3v) is 6.44. The highest BCUT2D eigenvalue weighted by atomic mass is 32.2. The zero-order valence-corrected chi connectivity index (χ0v) is 20.0. The van der Waals surface area contributed by atoms with E-state index in [-0.39, 0.29) is 36.4 Å². The molecule has 0 radical (unpaired) electrons. The second kappa shape index (κ2) is 11.0. The molecule has 1 unspecified atom stereocenters. The molecule has 0 saturated carbocycles. The van der Waals surface area contributed by atoms with Gasteiger partial charge in [0.15, 0.2) is 18.9 Å². The van der Waals surface area contributed by atoms with Crippen molar-refractivity contribution in [2.75, 3.05) is 24.7 Å². The maximum atomic E-state index is 13.0. The predicted molar refractivity (Wildman–Crippen MR) is 119 cm³/mol. The van der Waals surface area contributed by atoms with Gasteiger partial charge >= 0.3 is 12.0 Å². The number of aromatic nitrogens is 4. The van der Waals surface area contributed by atoms with Crippen molar-refractivity contribution < 1.29 is 42.9 Å². The van der Waals surface area contributed by atoms with Crippen LogP contribution in [0, 0.1) is 0 Å². The van der Waals surface area contributed by atoms with Gasteiger partial charge in [0.1, 0.15) is 11.4 Å². The number of nitrogen functional groups attached to an aromatic ring is 1. The van der Waals surface area contributed by atoms with Gasteiger partial charge in [-0.1, -0.05) is 10.3 Å². The van der Waals surface area contributed by atoms with Crippen molar-refractivity contribution in [1.29, 1.82) is 0 Å². The maximum absolute atomic E-state index is 13.0. The van der Waals surface area contributed by atoms with Crippen molar-refractivity contribution in [3.05, 3.63) is 41.9 Å². The van der Waals surface area contributed by atoms with Crippen LogP contribution in [0.5, 0.6) is 0 Å². The number of hydrogen-bond donors (Lipinski definition) is 2. The summed E-state index contributed by atoms with van der Waals surface area (Å²) < 4.78 is 11.1. The van der Waals surface area contributed by atoms with Crippen molar-refractivity contribution in [2.24, 2.45) is 5.16 Å². The molecule has 0 bridgehead atoms. The molecule has 2 aliphatic heterocycles. The van der Waals surface area contributed by atoms with Crippen molar-refractivity contribution in [1.82, 2.24) is 25.3 Å². The topological polar surface area (TPSA) is 219 Å². The Kier molecular flexibility index (Phi) is 7.61. The van der Waals surface area contributed by atoms with Crippen molar-refractivity contribution in [3.63, 3.8) is 0 Å². The fourth-order valence-electron chi connectivity index (χ4n) is 3.54. The van der Waals surface area contributed by atoms with Gasteiger partial charge in [-0.05, 0) is 6.92 Å². The van der Waals surface area contributed by atoms with Gasteiger partial charge in [0, 0.05) is 11.3 Å². The van der Waals surface area contributed by atoms with Crippen LogP contribution in [0.1, 0.15) is 12.7 Å². The van der Waals surface area contributed by atoms with E-state index in [0.29, 0.717) is 5.57 Å². The van der Waals surface area contributed by atoms with Crippen LogP contribution in [0.15, 0.2) is 45.7 Å². The van der Waals surface area contributed by atoms with E-state index >= 15 is 0 Å². The molecule has 37 heavy (non-hydrogen) atoms. The molecule has 4 heterocycles. The van der Waals surface area contributed by atoms with Crippen molar-refractivity contribution in [3.8, 4) is 0 Å². The number of carboxylic acid groups (broad SMARTS) is 1. The number of rotatable bonds is 10. The first-order valence-corrected chi connectivity index (χ1v) is 11.8. The number of hydrogen-bond acceptors (Lipinski definition) is 14. The van der Waals surface area contributed by atoms with E-state index < -0.39 is 47.5 Å². The highest BCUT2D eigenvalue weighted by Gasteiger charge is 2.53. The van der Waals surface area contributed by atoms with E-state index in [0.717, 1.165) is 4.90 Å². The number of amides is 2. The number of oxime groups is 1. The number of anilines is 1. The summed E-state index contributed by atoms with van der Waals surface area (Å²) in [6.45, 7) is 1.32. The Labute approximate surface area is 212 Å². The van der Waals surface area contributed by atoms with Crippen LogP contribution in [0.2, 0.25) is 0 Å². The first-order valence-electron chi connectivity index (χ1n) is 10.7. The molecule has 3 N–H and O–H groups in total. The average molecular weight is 532 g/mol. The number of carbonyl (C=O) groups excluding carboxylic acids is 4. The van der Waals surface area contributed by atoms with E-state index in [9.17, 15) is 24.3 Å². The summed E-state index contributed by atoms with van der Waals surface area (Å²) in [6.07, 6.45) is 6.41. The molecular weight excluding hydrogens is 512 g/mol. The van der Waals surface area contributed by atoms with Gasteiger partial charge in [0.25, 0.3) is 11.8 Å². The fourth-order valence-corrected chi connectivity index (χ4v) is 4.88. The Morgan fingerprint density at radius 3 is 2.78 bits per heavy atom. The molecule has 1 fully saturated rings. The number of carbonyl (C=O) groups is 4. The molecule has 0 aliphatic carbocycles. The van der Waals surface area contributed by atoms with Gasteiger partial charge < -0.3 is 35.0 Å². The Morgan fingerprint density at radius 2 is 2.14 bits per heavy atom. The minimum atomic E-state index is -1.51. The fraction of sp³-hybridized carbons (Fsp3) is 0.350.